The molecule has 0 saturated carbocycles. The molecule has 0 atom stereocenters. The molecule has 7 heteroatoms. The summed E-state index contributed by atoms with van der Waals surface area (Å²) in [6, 6.07) is 16.5. The molecule has 4 heterocycles. The molecule has 2 aromatic heterocycles. The maximum atomic E-state index is 12.8. The fourth-order valence-electron chi connectivity index (χ4n) is 5.23. The number of aromatic nitrogens is 1. The monoisotopic (exact) mass is 456 g/mol. The Morgan fingerprint density at radius 3 is 2.59 bits per heavy atom. The average molecular weight is 457 g/mol. The molecule has 174 valence electrons. The summed E-state index contributed by atoms with van der Waals surface area (Å²) in [6.07, 6.45) is 1.66. The van der Waals surface area contributed by atoms with Crippen LogP contribution >= 0.6 is 0 Å². The number of aliphatic hydroxyl groups is 1. The molecular weight excluding hydrogens is 428 g/mol. The first kappa shape index (κ1) is 21.2. The Hall–Kier alpha value is -3.39. The molecule has 7 nitrogen and oxygen atoms in total. The number of nitrogens with zero attached hydrogens (tertiary/aromatic N) is 2. The number of hydrogen-bond acceptors (Lipinski definition) is 5. The minimum absolute atomic E-state index is 0.0434. The summed E-state index contributed by atoms with van der Waals surface area (Å²) in [6.45, 7) is 6.43. The fraction of sp³-hybridized carbons (Fsp3) is 0.296. The molecule has 0 aliphatic carbocycles. The lowest BCUT2D eigenvalue weighted by atomic mass is 9.95. The van der Waals surface area contributed by atoms with Crippen LogP contribution < -0.4 is 5.32 Å². The third-order valence-electron chi connectivity index (χ3n) is 7.01. The molecule has 34 heavy (non-hydrogen) atoms. The largest absolute Gasteiger partial charge is 0.464 e. The maximum absolute atomic E-state index is 12.8. The van der Waals surface area contributed by atoms with E-state index in [1.54, 1.807) is 6.26 Å². The van der Waals surface area contributed by atoms with E-state index in [1.807, 2.05) is 24.3 Å². The van der Waals surface area contributed by atoms with Crippen molar-refractivity contribution in [3.05, 3.63) is 71.5 Å². The fourth-order valence-corrected chi connectivity index (χ4v) is 5.23. The van der Waals surface area contributed by atoms with Gasteiger partial charge in [0.05, 0.1) is 18.4 Å². The molecule has 1 fully saturated rings. The number of aliphatic hydroxyl groups excluding tert-OH is 1. The molecule has 2 aliphatic heterocycles. The smallest absolute Gasteiger partial charge is 0.252 e. The van der Waals surface area contributed by atoms with Crippen LogP contribution in [-0.2, 0) is 13.1 Å². The molecule has 2 aliphatic rings. The van der Waals surface area contributed by atoms with E-state index in [-0.39, 0.29) is 12.5 Å². The van der Waals surface area contributed by atoms with Gasteiger partial charge in [-0.3, -0.25) is 14.6 Å². The van der Waals surface area contributed by atoms with Crippen LogP contribution in [0.5, 0.6) is 0 Å². The van der Waals surface area contributed by atoms with Gasteiger partial charge in [0.25, 0.3) is 5.91 Å². The number of fused-ring (bicyclic) bond motifs is 2. The summed E-state index contributed by atoms with van der Waals surface area (Å²) >= 11 is 0. The van der Waals surface area contributed by atoms with Crippen LogP contribution in [0.1, 0.15) is 21.5 Å². The highest BCUT2D eigenvalue weighted by Crippen LogP contribution is 2.37. The van der Waals surface area contributed by atoms with Crippen LogP contribution in [0.15, 0.2) is 59.2 Å². The summed E-state index contributed by atoms with van der Waals surface area (Å²) < 4.78 is 5.60. The van der Waals surface area contributed by atoms with E-state index in [1.165, 1.54) is 5.56 Å². The number of piperazine rings is 1. The number of hydrogen-bond donors (Lipinski definition) is 3. The summed E-state index contributed by atoms with van der Waals surface area (Å²) in [5.74, 6) is 0.732. The number of furan rings is 1. The minimum Gasteiger partial charge on any atom is -0.464 e. The zero-order chi connectivity index (χ0) is 23.1. The van der Waals surface area contributed by atoms with Crippen molar-refractivity contribution in [3.8, 4) is 22.6 Å². The van der Waals surface area contributed by atoms with Crippen molar-refractivity contribution >= 4 is 16.8 Å². The molecule has 1 saturated heterocycles. The van der Waals surface area contributed by atoms with Crippen molar-refractivity contribution in [3.63, 3.8) is 0 Å². The van der Waals surface area contributed by atoms with E-state index >= 15 is 0 Å². The topological polar surface area (TPSA) is 84.7 Å². The number of carbonyl (C=O) groups excluding carboxylic acids is 1. The quantitative estimate of drug-likeness (QED) is 0.414. The highest BCUT2D eigenvalue weighted by Gasteiger charge is 2.27. The zero-order valence-corrected chi connectivity index (χ0v) is 19.0. The standard InChI is InChI=1S/C27H28N4O3/c32-12-11-30-7-9-31(10-8-30)17-18-3-6-23-19(14-18)15-24(29-23)21-5-4-20(25-2-1-13-34-25)22-16-28-27(33)26(21)22/h1-6,13-15,29,32H,7-12,16-17H2,(H,28,33). The minimum atomic E-state index is -0.0434. The van der Waals surface area contributed by atoms with Crippen LogP contribution in [0.2, 0.25) is 0 Å². The highest BCUT2D eigenvalue weighted by atomic mass is 16.3. The summed E-state index contributed by atoms with van der Waals surface area (Å²) in [4.78, 5) is 21.1. The van der Waals surface area contributed by atoms with Crippen molar-refractivity contribution in [2.24, 2.45) is 0 Å². The molecule has 3 N–H and O–H groups in total. The van der Waals surface area contributed by atoms with Crippen molar-refractivity contribution in [2.75, 3.05) is 39.3 Å². The summed E-state index contributed by atoms with van der Waals surface area (Å²) in [5.41, 5.74) is 6.87. The van der Waals surface area contributed by atoms with Crippen LogP contribution in [0, 0.1) is 0 Å². The SMILES string of the molecule is O=C1NCc2c(-c3ccco3)ccc(-c3cc4cc(CN5CCN(CCO)CC5)ccc4[nH]3)c21. The highest BCUT2D eigenvalue weighted by molar-refractivity contribution is 6.06. The first-order chi connectivity index (χ1) is 16.7. The van der Waals surface area contributed by atoms with Gasteiger partial charge in [0.15, 0.2) is 0 Å². The number of nitrogens with one attached hydrogen (secondary N) is 2. The summed E-state index contributed by atoms with van der Waals surface area (Å²) in [7, 11) is 0. The van der Waals surface area contributed by atoms with Gasteiger partial charge in [-0.2, -0.15) is 0 Å². The van der Waals surface area contributed by atoms with Crippen LogP contribution in [0.25, 0.3) is 33.5 Å². The first-order valence-corrected chi connectivity index (χ1v) is 11.8. The molecular formula is C27H28N4O3. The second-order valence-corrected chi connectivity index (χ2v) is 9.12. The van der Waals surface area contributed by atoms with Gasteiger partial charge in [-0.25, -0.2) is 0 Å². The van der Waals surface area contributed by atoms with E-state index in [0.29, 0.717) is 6.54 Å². The Morgan fingerprint density at radius 2 is 1.79 bits per heavy atom. The molecule has 0 spiro atoms. The van der Waals surface area contributed by atoms with Crippen LogP contribution in [-0.4, -0.2) is 65.1 Å². The normalized spacial score (nSPS) is 16.8. The summed E-state index contributed by atoms with van der Waals surface area (Å²) in [5, 5.41) is 13.3. The Bertz CT molecular complexity index is 1330. The van der Waals surface area contributed by atoms with E-state index in [2.05, 4.69) is 44.4 Å². The predicted molar refractivity (Wildman–Crippen MR) is 131 cm³/mol. The lowest BCUT2D eigenvalue weighted by Crippen LogP contribution is -2.46. The number of aromatic amines is 1. The van der Waals surface area contributed by atoms with E-state index in [4.69, 9.17) is 9.52 Å². The number of β-amino-alcohol motifs (C(OH)–C–C–N with tert-alkyl or cyclic N) is 1. The van der Waals surface area contributed by atoms with Gasteiger partial charge in [-0.1, -0.05) is 18.2 Å². The second-order valence-electron chi connectivity index (χ2n) is 9.12. The van der Waals surface area contributed by atoms with Gasteiger partial charge in [-0.15, -0.1) is 0 Å². The number of carbonyl (C=O) groups is 1. The van der Waals surface area contributed by atoms with Crippen molar-refractivity contribution in [1.29, 1.82) is 0 Å². The first-order valence-electron chi connectivity index (χ1n) is 11.8. The van der Waals surface area contributed by atoms with Gasteiger partial charge < -0.3 is 19.8 Å². The Labute approximate surface area is 198 Å². The van der Waals surface area contributed by atoms with E-state index < -0.39 is 0 Å². The average Bonchev–Trinajstić information content (AvgIpc) is 3.60. The Morgan fingerprint density at radius 1 is 0.971 bits per heavy atom. The molecule has 4 aromatic rings. The Balaban J connectivity index is 1.28. The molecule has 0 radical (unpaired) electrons. The molecule has 6 rings (SSSR count). The molecule has 0 unspecified atom stereocenters. The van der Waals surface area contributed by atoms with Gasteiger partial charge >= 0.3 is 0 Å². The predicted octanol–water partition coefficient (Wildman–Crippen LogP) is 3.45. The third-order valence-corrected chi connectivity index (χ3v) is 7.01. The Kier molecular flexibility index (Phi) is 5.45. The van der Waals surface area contributed by atoms with Crippen LogP contribution in [0.4, 0.5) is 0 Å². The van der Waals surface area contributed by atoms with Gasteiger partial charge in [0, 0.05) is 73.5 Å². The molecule has 1 amide bonds. The lowest BCUT2D eigenvalue weighted by molar-refractivity contribution is 0.0966. The van der Waals surface area contributed by atoms with Gasteiger partial charge in [-0.05, 0) is 41.5 Å². The lowest BCUT2D eigenvalue weighted by Gasteiger charge is -2.34. The number of H-pyrrole nitrogens is 1. The van der Waals surface area contributed by atoms with Crippen molar-refractivity contribution < 1.29 is 14.3 Å². The van der Waals surface area contributed by atoms with Crippen molar-refractivity contribution in [1.82, 2.24) is 20.1 Å². The van der Waals surface area contributed by atoms with Gasteiger partial charge in [0.1, 0.15) is 5.76 Å². The van der Waals surface area contributed by atoms with Gasteiger partial charge in [0.2, 0.25) is 0 Å². The third kappa shape index (κ3) is 3.81. The van der Waals surface area contributed by atoms with E-state index in [9.17, 15) is 4.79 Å². The maximum Gasteiger partial charge on any atom is 0.252 e. The van der Waals surface area contributed by atoms with Crippen LogP contribution in [0.3, 0.4) is 0 Å². The number of benzene rings is 2. The zero-order valence-electron chi connectivity index (χ0n) is 19.0. The molecule has 0 bridgehead atoms. The van der Waals surface area contributed by atoms with Crippen molar-refractivity contribution in [2.45, 2.75) is 13.1 Å². The number of rotatable bonds is 6. The van der Waals surface area contributed by atoms with E-state index in [0.717, 1.165) is 83.9 Å². The molecule has 2 aromatic carbocycles. The number of amides is 1. The second kappa shape index (κ2) is 8.76.